The van der Waals surface area contributed by atoms with E-state index in [0.29, 0.717) is 5.02 Å². The lowest BCUT2D eigenvalue weighted by Crippen LogP contribution is -1.81. The van der Waals surface area contributed by atoms with Gasteiger partial charge in [-0.25, -0.2) is 0 Å². The van der Waals surface area contributed by atoms with Crippen molar-refractivity contribution >= 4 is 22.6 Å². The van der Waals surface area contributed by atoms with E-state index in [4.69, 9.17) is 11.6 Å². The molecule has 0 radical (unpaired) electrons. The van der Waals surface area contributed by atoms with Crippen LogP contribution in [0.25, 0.3) is 11.0 Å². The number of halogens is 1. The molecule has 3 heteroatoms. The van der Waals surface area contributed by atoms with E-state index in [-0.39, 0.29) is 0 Å². The van der Waals surface area contributed by atoms with Gasteiger partial charge in [-0.3, -0.25) is 9.97 Å². The Morgan fingerprint density at radius 2 is 1.91 bits per heavy atom. The number of hydrogen-bond donors (Lipinski definition) is 0. The van der Waals surface area contributed by atoms with E-state index < -0.39 is 0 Å². The summed E-state index contributed by atoms with van der Waals surface area (Å²) in [5.41, 5.74) is 1.59. The molecule has 11 heavy (non-hydrogen) atoms. The molecule has 0 N–H and O–H groups in total. The molecule has 0 saturated heterocycles. The second-order valence-electron chi connectivity index (χ2n) is 2.16. The predicted molar refractivity (Wildman–Crippen MR) is 44.5 cm³/mol. The molecule has 0 saturated carbocycles. The molecule has 1 heterocycles. The summed E-state index contributed by atoms with van der Waals surface area (Å²) in [6.07, 6.45) is 3.28. The molecule has 54 valence electrons. The van der Waals surface area contributed by atoms with Crippen LogP contribution in [0, 0.1) is 0 Å². The number of benzene rings is 1. The Morgan fingerprint density at radius 1 is 1.09 bits per heavy atom. The summed E-state index contributed by atoms with van der Waals surface area (Å²) in [6, 6.07) is 5.55. The van der Waals surface area contributed by atoms with Crippen LogP contribution in [0.15, 0.2) is 30.6 Å². The fourth-order valence-electron chi connectivity index (χ4n) is 0.957. The Morgan fingerprint density at radius 3 is 2.73 bits per heavy atom. The molecule has 0 bridgehead atoms. The summed E-state index contributed by atoms with van der Waals surface area (Å²) >= 11 is 5.85. The minimum atomic E-state index is 0.649. The molecular formula is C8H5ClN2. The fraction of sp³-hybridized carbons (Fsp3) is 0. The fourth-order valence-corrected chi connectivity index (χ4v) is 1.18. The van der Waals surface area contributed by atoms with Gasteiger partial charge in [-0.2, -0.15) is 0 Å². The molecule has 0 spiro atoms. The van der Waals surface area contributed by atoms with E-state index in [9.17, 15) is 0 Å². The lowest BCUT2D eigenvalue weighted by molar-refractivity contribution is 1.29. The lowest BCUT2D eigenvalue weighted by Gasteiger charge is -1.95. The highest BCUT2D eigenvalue weighted by Gasteiger charge is 1.97. The van der Waals surface area contributed by atoms with Crippen LogP contribution in [-0.4, -0.2) is 9.97 Å². The van der Waals surface area contributed by atoms with Gasteiger partial charge in [0.05, 0.1) is 10.5 Å². The first-order valence-electron chi connectivity index (χ1n) is 3.23. The van der Waals surface area contributed by atoms with Gasteiger partial charge >= 0.3 is 0 Å². The zero-order valence-electron chi connectivity index (χ0n) is 5.66. The van der Waals surface area contributed by atoms with Crippen LogP contribution in [0.1, 0.15) is 0 Å². The van der Waals surface area contributed by atoms with E-state index in [1.165, 1.54) is 0 Å². The second kappa shape index (κ2) is 2.47. The monoisotopic (exact) mass is 164 g/mol. The molecule has 2 rings (SSSR count). The first-order chi connectivity index (χ1) is 5.38. The number of rotatable bonds is 0. The summed E-state index contributed by atoms with van der Waals surface area (Å²) in [6.45, 7) is 0. The summed E-state index contributed by atoms with van der Waals surface area (Å²) < 4.78 is 0. The molecule has 0 amide bonds. The van der Waals surface area contributed by atoms with Crippen LogP contribution >= 0.6 is 11.6 Å². The van der Waals surface area contributed by atoms with E-state index in [2.05, 4.69) is 9.97 Å². The van der Waals surface area contributed by atoms with Gasteiger partial charge < -0.3 is 0 Å². The van der Waals surface area contributed by atoms with Gasteiger partial charge in [0.1, 0.15) is 5.52 Å². The van der Waals surface area contributed by atoms with Crippen molar-refractivity contribution in [3.05, 3.63) is 35.6 Å². The van der Waals surface area contributed by atoms with Crippen LogP contribution < -0.4 is 0 Å². The van der Waals surface area contributed by atoms with E-state index in [0.717, 1.165) is 11.0 Å². The molecule has 0 unspecified atom stereocenters. The lowest BCUT2D eigenvalue weighted by atomic mass is 10.3. The van der Waals surface area contributed by atoms with Gasteiger partial charge in [-0.15, -0.1) is 0 Å². The highest BCUT2D eigenvalue weighted by Crippen LogP contribution is 2.17. The highest BCUT2D eigenvalue weighted by molar-refractivity contribution is 6.34. The standard InChI is InChI=1S/C8H5ClN2/c9-6-2-1-3-7-8(6)11-5-4-10-7/h1-5H. The number of hydrogen-bond acceptors (Lipinski definition) is 2. The average Bonchev–Trinajstić information content (AvgIpc) is 2.06. The van der Waals surface area contributed by atoms with Gasteiger partial charge in [0.15, 0.2) is 0 Å². The minimum absolute atomic E-state index is 0.649. The van der Waals surface area contributed by atoms with Crippen LogP contribution in [0.4, 0.5) is 0 Å². The maximum absolute atomic E-state index is 5.85. The largest absolute Gasteiger partial charge is 0.253 e. The number of para-hydroxylation sites is 1. The van der Waals surface area contributed by atoms with Gasteiger partial charge in [-0.05, 0) is 12.1 Å². The topological polar surface area (TPSA) is 25.8 Å². The van der Waals surface area contributed by atoms with Crippen LogP contribution in [0.5, 0.6) is 0 Å². The van der Waals surface area contributed by atoms with Gasteiger partial charge in [0, 0.05) is 12.4 Å². The highest BCUT2D eigenvalue weighted by atomic mass is 35.5. The van der Waals surface area contributed by atoms with Crippen molar-refractivity contribution in [1.82, 2.24) is 9.97 Å². The average molecular weight is 165 g/mol. The Labute approximate surface area is 68.9 Å². The normalized spacial score (nSPS) is 10.3. The predicted octanol–water partition coefficient (Wildman–Crippen LogP) is 2.28. The molecule has 0 aliphatic carbocycles. The zero-order chi connectivity index (χ0) is 7.68. The van der Waals surface area contributed by atoms with Crippen molar-refractivity contribution in [2.75, 3.05) is 0 Å². The SMILES string of the molecule is Clc1cccc2nccnc12. The molecule has 1 aromatic heterocycles. The third kappa shape index (κ3) is 1.05. The molecule has 2 aromatic rings. The molecular weight excluding hydrogens is 160 g/mol. The summed E-state index contributed by atoms with van der Waals surface area (Å²) in [5.74, 6) is 0. The third-order valence-electron chi connectivity index (χ3n) is 1.45. The summed E-state index contributed by atoms with van der Waals surface area (Å²) in [5, 5.41) is 0.649. The summed E-state index contributed by atoms with van der Waals surface area (Å²) in [7, 11) is 0. The van der Waals surface area contributed by atoms with Gasteiger partial charge in [-0.1, -0.05) is 17.7 Å². The van der Waals surface area contributed by atoms with E-state index in [1.807, 2.05) is 12.1 Å². The Kier molecular flexibility index (Phi) is 1.47. The first kappa shape index (κ1) is 6.55. The number of fused-ring (bicyclic) bond motifs is 1. The maximum Gasteiger partial charge on any atom is 0.107 e. The molecule has 2 nitrogen and oxygen atoms in total. The van der Waals surface area contributed by atoms with Crippen LogP contribution in [0.3, 0.4) is 0 Å². The third-order valence-corrected chi connectivity index (χ3v) is 1.75. The Hall–Kier alpha value is -1.15. The van der Waals surface area contributed by atoms with Crippen molar-refractivity contribution in [2.45, 2.75) is 0 Å². The van der Waals surface area contributed by atoms with E-state index >= 15 is 0 Å². The summed E-state index contributed by atoms with van der Waals surface area (Å²) in [4.78, 5) is 8.18. The van der Waals surface area contributed by atoms with Crippen molar-refractivity contribution in [2.24, 2.45) is 0 Å². The smallest absolute Gasteiger partial charge is 0.107 e. The second-order valence-corrected chi connectivity index (χ2v) is 2.57. The quantitative estimate of drug-likeness (QED) is 0.597. The van der Waals surface area contributed by atoms with E-state index in [1.54, 1.807) is 18.5 Å². The maximum atomic E-state index is 5.85. The molecule has 0 aliphatic rings. The van der Waals surface area contributed by atoms with Gasteiger partial charge in [0.25, 0.3) is 0 Å². The molecule has 0 atom stereocenters. The van der Waals surface area contributed by atoms with Crippen molar-refractivity contribution in [1.29, 1.82) is 0 Å². The van der Waals surface area contributed by atoms with Crippen LogP contribution in [-0.2, 0) is 0 Å². The van der Waals surface area contributed by atoms with Crippen molar-refractivity contribution in [3.8, 4) is 0 Å². The molecule has 0 fully saturated rings. The number of aromatic nitrogens is 2. The first-order valence-corrected chi connectivity index (χ1v) is 3.61. The minimum Gasteiger partial charge on any atom is -0.253 e. The van der Waals surface area contributed by atoms with Crippen LogP contribution in [0.2, 0.25) is 5.02 Å². The Balaban J connectivity index is 2.91. The molecule has 0 aliphatic heterocycles. The molecule has 1 aromatic carbocycles. The van der Waals surface area contributed by atoms with Crippen molar-refractivity contribution in [3.63, 3.8) is 0 Å². The Bertz CT molecular complexity index is 381. The van der Waals surface area contributed by atoms with Gasteiger partial charge in [0.2, 0.25) is 0 Å². The van der Waals surface area contributed by atoms with Crippen molar-refractivity contribution < 1.29 is 0 Å². The number of nitrogens with zero attached hydrogens (tertiary/aromatic N) is 2. The zero-order valence-corrected chi connectivity index (χ0v) is 6.42.